The lowest BCUT2D eigenvalue weighted by Crippen LogP contribution is -2.59. The molecule has 1 heterocycles. The Hall–Kier alpha value is -0.660. The lowest BCUT2D eigenvalue weighted by molar-refractivity contribution is -0.138. The van der Waals surface area contributed by atoms with E-state index in [-0.39, 0.29) is 30.3 Å². The molecule has 1 fully saturated rings. The third-order valence-electron chi connectivity index (χ3n) is 3.59. The maximum Gasteiger partial charge on any atom is 0.238 e. The molecule has 1 amide bonds. The van der Waals surface area contributed by atoms with Gasteiger partial charge in [-0.05, 0) is 27.8 Å². The molecule has 2 atom stereocenters. The first-order valence-corrected chi connectivity index (χ1v) is 8.23. The maximum absolute atomic E-state index is 12.3. The predicted molar refractivity (Wildman–Crippen MR) is 75.4 cm³/mol. The normalized spacial score (nSPS) is 25.9. The van der Waals surface area contributed by atoms with Crippen LogP contribution in [0.3, 0.4) is 0 Å². The van der Waals surface area contributed by atoms with E-state index in [9.17, 15) is 13.2 Å². The highest BCUT2D eigenvalue weighted by Crippen LogP contribution is 2.15. The van der Waals surface area contributed by atoms with Gasteiger partial charge in [0.2, 0.25) is 15.9 Å². The lowest BCUT2D eigenvalue weighted by atomic mass is 10.1. The first kappa shape index (κ1) is 16.4. The van der Waals surface area contributed by atoms with Gasteiger partial charge in [0.05, 0.1) is 12.3 Å². The van der Waals surface area contributed by atoms with Crippen molar-refractivity contribution in [3.8, 4) is 0 Å². The number of carbonyl (C=O) groups excluding carboxylic acids is 1. The number of likely N-dealkylation sites (N-methyl/N-ethyl adjacent to an activating group) is 2. The van der Waals surface area contributed by atoms with Crippen molar-refractivity contribution < 1.29 is 13.2 Å². The summed E-state index contributed by atoms with van der Waals surface area (Å²) in [6, 6.07) is 0.220. The molecule has 0 spiro atoms. The molecule has 1 aliphatic rings. The van der Waals surface area contributed by atoms with Crippen LogP contribution in [0.15, 0.2) is 0 Å². The molecule has 2 unspecified atom stereocenters. The fourth-order valence-corrected chi connectivity index (χ4v) is 3.42. The van der Waals surface area contributed by atoms with Gasteiger partial charge in [-0.3, -0.25) is 4.79 Å². The summed E-state index contributed by atoms with van der Waals surface area (Å²) >= 11 is 0. The summed E-state index contributed by atoms with van der Waals surface area (Å²) in [4.78, 5) is 16.3. The zero-order chi connectivity index (χ0) is 14.8. The SMILES string of the molecule is CCS(=O)(=O)N(C)CC(=O)N1C(C)CN(C)CC1C. The molecule has 19 heavy (non-hydrogen) atoms. The summed E-state index contributed by atoms with van der Waals surface area (Å²) in [5, 5.41) is 0. The van der Waals surface area contributed by atoms with E-state index in [1.54, 1.807) is 6.92 Å². The quantitative estimate of drug-likeness (QED) is 0.721. The van der Waals surface area contributed by atoms with Crippen LogP contribution in [0.2, 0.25) is 0 Å². The van der Waals surface area contributed by atoms with E-state index in [1.807, 2.05) is 25.8 Å². The van der Waals surface area contributed by atoms with Crippen molar-refractivity contribution in [3.63, 3.8) is 0 Å². The van der Waals surface area contributed by atoms with Crippen molar-refractivity contribution in [1.29, 1.82) is 0 Å². The van der Waals surface area contributed by atoms with Crippen LogP contribution in [0.4, 0.5) is 0 Å². The van der Waals surface area contributed by atoms with E-state index < -0.39 is 10.0 Å². The van der Waals surface area contributed by atoms with Gasteiger partial charge in [-0.1, -0.05) is 0 Å². The van der Waals surface area contributed by atoms with E-state index in [2.05, 4.69) is 4.90 Å². The van der Waals surface area contributed by atoms with Gasteiger partial charge < -0.3 is 9.80 Å². The Morgan fingerprint density at radius 3 is 2.16 bits per heavy atom. The number of nitrogens with zero attached hydrogens (tertiary/aromatic N) is 3. The molecular formula is C12H25N3O3S. The summed E-state index contributed by atoms with van der Waals surface area (Å²) in [5.41, 5.74) is 0. The summed E-state index contributed by atoms with van der Waals surface area (Å²) in [7, 11) is 0.188. The largest absolute Gasteiger partial charge is 0.334 e. The predicted octanol–water partition coefficient (Wildman–Crippen LogP) is -0.181. The Kier molecular flexibility index (Phi) is 5.34. The average Bonchev–Trinajstić information content (AvgIpc) is 2.27. The number of piperazine rings is 1. The van der Waals surface area contributed by atoms with Crippen molar-refractivity contribution in [2.24, 2.45) is 0 Å². The molecule has 1 rings (SSSR count). The molecule has 6 nitrogen and oxygen atoms in total. The Balaban J connectivity index is 2.73. The molecule has 112 valence electrons. The van der Waals surface area contributed by atoms with Gasteiger partial charge in [0.1, 0.15) is 0 Å². The molecule has 0 aromatic carbocycles. The second kappa shape index (κ2) is 6.19. The van der Waals surface area contributed by atoms with Gasteiger partial charge in [-0.25, -0.2) is 8.42 Å². The second-order valence-corrected chi connectivity index (χ2v) is 7.74. The van der Waals surface area contributed by atoms with Gasteiger partial charge in [0.15, 0.2) is 0 Å². The van der Waals surface area contributed by atoms with E-state index in [4.69, 9.17) is 0 Å². The number of sulfonamides is 1. The molecule has 7 heteroatoms. The molecule has 0 bridgehead atoms. The van der Waals surface area contributed by atoms with Gasteiger partial charge in [-0.2, -0.15) is 4.31 Å². The molecule has 0 N–H and O–H groups in total. The molecule has 0 aliphatic carbocycles. The summed E-state index contributed by atoms with van der Waals surface area (Å²) in [5.74, 6) is -0.0995. The molecule has 0 saturated carbocycles. The molecule has 0 aromatic heterocycles. The van der Waals surface area contributed by atoms with Crippen molar-refractivity contribution in [2.75, 3.05) is 39.5 Å². The second-order valence-electron chi connectivity index (χ2n) is 5.38. The lowest BCUT2D eigenvalue weighted by Gasteiger charge is -2.43. The highest BCUT2D eigenvalue weighted by molar-refractivity contribution is 7.89. The summed E-state index contributed by atoms with van der Waals surface area (Å²) in [6.45, 7) is 7.14. The third-order valence-corrected chi connectivity index (χ3v) is 5.40. The van der Waals surface area contributed by atoms with Crippen LogP contribution in [-0.2, 0) is 14.8 Å². The van der Waals surface area contributed by atoms with Gasteiger partial charge in [-0.15, -0.1) is 0 Å². The highest BCUT2D eigenvalue weighted by Gasteiger charge is 2.32. The zero-order valence-electron chi connectivity index (χ0n) is 12.5. The van der Waals surface area contributed by atoms with Gasteiger partial charge in [0, 0.05) is 32.2 Å². The fourth-order valence-electron chi connectivity index (χ4n) is 2.67. The first-order valence-electron chi connectivity index (χ1n) is 6.62. The van der Waals surface area contributed by atoms with E-state index in [1.165, 1.54) is 7.05 Å². The van der Waals surface area contributed by atoms with Gasteiger partial charge >= 0.3 is 0 Å². The number of carbonyl (C=O) groups is 1. The van der Waals surface area contributed by atoms with E-state index in [0.29, 0.717) is 0 Å². The van der Waals surface area contributed by atoms with Crippen LogP contribution >= 0.6 is 0 Å². The van der Waals surface area contributed by atoms with Crippen molar-refractivity contribution in [2.45, 2.75) is 32.9 Å². The van der Waals surface area contributed by atoms with Gasteiger partial charge in [0.25, 0.3) is 0 Å². The average molecular weight is 291 g/mol. The van der Waals surface area contributed by atoms with Crippen molar-refractivity contribution in [1.82, 2.24) is 14.1 Å². The van der Waals surface area contributed by atoms with Crippen LogP contribution < -0.4 is 0 Å². The minimum Gasteiger partial charge on any atom is -0.334 e. The Labute approximate surface area is 116 Å². The van der Waals surface area contributed by atoms with Crippen LogP contribution in [0.25, 0.3) is 0 Å². The highest BCUT2D eigenvalue weighted by atomic mass is 32.2. The number of rotatable bonds is 4. The van der Waals surface area contributed by atoms with Crippen LogP contribution in [-0.4, -0.2) is 80.0 Å². The maximum atomic E-state index is 12.3. The smallest absolute Gasteiger partial charge is 0.238 e. The minimum absolute atomic E-state index is 0.0185. The first-order chi connectivity index (χ1) is 8.69. The zero-order valence-corrected chi connectivity index (χ0v) is 13.3. The number of amides is 1. The topological polar surface area (TPSA) is 60.9 Å². The number of hydrogen-bond acceptors (Lipinski definition) is 4. The Morgan fingerprint density at radius 2 is 1.74 bits per heavy atom. The monoisotopic (exact) mass is 291 g/mol. The van der Waals surface area contributed by atoms with Crippen molar-refractivity contribution in [3.05, 3.63) is 0 Å². The Morgan fingerprint density at radius 1 is 1.26 bits per heavy atom. The van der Waals surface area contributed by atoms with Crippen LogP contribution in [0.5, 0.6) is 0 Å². The summed E-state index contributed by atoms with van der Waals surface area (Å²) < 4.78 is 24.5. The summed E-state index contributed by atoms with van der Waals surface area (Å²) in [6.07, 6.45) is 0. The van der Waals surface area contributed by atoms with Crippen LogP contribution in [0, 0.1) is 0 Å². The minimum atomic E-state index is -3.30. The van der Waals surface area contributed by atoms with Crippen molar-refractivity contribution >= 4 is 15.9 Å². The number of hydrogen-bond donors (Lipinski definition) is 0. The van der Waals surface area contributed by atoms with Crippen LogP contribution in [0.1, 0.15) is 20.8 Å². The molecular weight excluding hydrogens is 266 g/mol. The van der Waals surface area contributed by atoms with E-state index in [0.717, 1.165) is 17.4 Å². The Bertz CT molecular complexity index is 412. The molecule has 0 radical (unpaired) electrons. The third kappa shape index (κ3) is 3.90. The van der Waals surface area contributed by atoms with E-state index >= 15 is 0 Å². The standard InChI is InChI=1S/C12H25N3O3S/c1-6-19(17,18)14(5)9-12(16)15-10(2)7-13(4)8-11(15)3/h10-11H,6-9H2,1-5H3. The molecule has 0 aromatic rings. The molecule has 1 saturated heterocycles. The fraction of sp³-hybridized carbons (Fsp3) is 0.917. The molecule has 1 aliphatic heterocycles.